The van der Waals surface area contributed by atoms with Crippen LogP contribution in [0.15, 0.2) is 46.9 Å². The highest BCUT2D eigenvalue weighted by atomic mass is 79.9. The summed E-state index contributed by atoms with van der Waals surface area (Å²) < 4.78 is 29.4. The highest BCUT2D eigenvalue weighted by molar-refractivity contribution is 9.10. The van der Waals surface area contributed by atoms with Crippen LogP contribution in [-0.4, -0.2) is 20.2 Å². The third-order valence-electron chi connectivity index (χ3n) is 2.89. The number of benzene rings is 2. The number of halogens is 2. The van der Waals surface area contributed by atoms with Gasteiger partial charge in [0.05, 0.1) is 14.2 Å². The SMILES string of the molecule is COc1cc(/C=C/C(=O)Oc2ccc(Br)cc2F)cc(OC)c1. The van der Waals surface area contributed by atoms with Gasteiger partial charge in [0, 0.05) is 16.6 Å². The average molecular weight is 381 g/mol. The van der Waals surface area contributed by atoms with E-state index in [1.807, 2.05) is 0 Å². The molecular formula is C17H14BrFO4. The molecule has 0 saturated heterocycles. The van der Waals surface area contributed by atoms with Crippen LogP contribution in [0.2, 0.25) is 0 Å². The molecule has 2 aromatic carbocycles. The van der Waals surface area contributed by atoms with Crippen LogP contribution in [0.4, 0.5) is 4.39 Å². The average Bonchev–Trinajstić information content (AvgIpc) is 2.55. The van der Waals surface area contributed by atoms with E-state index < -0.39 is 11.8 Å². The molecule has 2 aromatic rings. The van der Waals surface area contributed by atoms with E-state index in [-0.39, 0.29) is 5.75 Å². The maximum Gasteiger partial charge on any atom is 0.336 e. The van der Waals surface area contributed by atoms with E-state index in [0.29, 0.717) is 21.5 Å². The fraction of sp³-hybridized carbons (Fsp3) is 0.118. The van der Waals surface area contributed by atoms with E-state index >= 15 is 0 Å². The Morgan fingerprint density at radius 1 is 1.09 bits per heavy atom. The lowest BCUT2D eigenvalue weighted by molar-refractivity contribution is -0.129. The number of hydrogen-bond acceptors (Lipinski definition) is 4. The van der Waals surface area contributed by atoms with Crippen molar-refractivity contribution in [3.05, 3.63) is 58.3 Å². The first-order valence-electron chi connectivity index (χ1n) is 6.60. The number of methoxy groups -OCH3 is 2. The van der Waals surface area contributed by atoms with Crippen LogP contribution in [0.25, 0.3) is 6.08 Å². The summed E-state index contributed by atoms with van der Waals surface area (Å²) in [5.74, 6) is -0.254. The molecule has 0 saturated carbocycles. The molecule has 0 aromatic heterocycles. The molecule has 120 valence electrons. The molecule has 6 heteroatoms. The molecule has 0 aliphatic carbocycles. The minimum Gasteiger partial charge on any atom is -0.497 e. The van der Waals surface area contributed by atoms with Gasteiger partial charge in [0.2, 0.25) is 0 Å². The molecule has 0 N–H and O–H groups in total. The van der Waals surface area contributed by atoms with Gasteiger partial charge in [-0.05, 0) is 42.0 Å². The Bertz CT molecular complexity index is 721. The van der Waals surface area contributed by atoms with Gasteiger partial charge in [-0.1, -0.05) is 15.9 Å². The summed E-state index contributed by atoms with van der Waals surface area (Å²) in [4.78, 5) is 11.8. The van der Waals surface area contributed by atoms with E-state index in [1.54, 1.807) is 24.3 Å². The quantitative estimate of drug-likeness (QED) is 0.442. The van der Waals surface area contributed by atoms with Crippen LogP contribution >= 0.6 is 15.9 Å². The Labute approximate surface area is 141 Å². The summed E-state index contributed by atoms with van der Waals surface area (Å²) in [6.45, 7) is 0. The number of esters is 1. The van der Waals surface area contributed by atoms with Crippen molar-refractivity contribution in [3.63, 3.8) is 0 Å². The minimum atomic E-state index is -0.687. The number of carbonyl (C=O) groups excluding carboxylic acids is 1. The predicted octanol–water partition coefficient (Wildman–Crippen LogP) is 4.22. The molecule has 0 atom stereocenters. The predicted molar refractivity (Wildman–Crippen MR) is 88.3 cm³/mol. The van der Waals surface area contributed by atoms with Gasteiger partial charge in [0.1, 0.15) is 11.5 Å². The first-order valence-corrected chi connectivity index (χ1v) is 7.39. The standard InChI is InChI=1S/C17H14BrFO4/c1-21-13-7-11(8-14(10-13)22-2)3-6-17(20)23-16-5-4-12(18)9-15(16)19/h3-10H,1-2H3/b6-3+. The second-order valence-corrected chi connectivity index (χ2v) is 5.39. The molecule has 23 heavy (non-hydrogen) atoms. The first kappa shape index (κ1) is 17.0. The van der Waals surface area contributed by atoms with Crippen LogP contribution in [0.1, 0.15) is 5.56 Å². The zero-order valence-corrected chi connectivity index (χ0v) is 14.1. The minimum absolute atomic E-state index is 0.133. The molecule has 0 aliphatic heterocycles. The summed E-state index contributed by atoms with van der Waals surface area (Å²) in [7, 11) is 3.07. The smallest absolute Gasteiger partial charge is 0.336 e. The zero-order valence-electron chi connectivity index (χ0n) is 12.5. The summed E-state index contributed by atoms with van der Waals surface area (Å²) in [6, 6.07) is 9.35. The van der Waals surface area contributed by atoms with E-state index in [2.05, 4.69) is 15.9 Å². The van der Waals surface area contributed by atoms with Gasteiger partial charge in [0.15, 0.2) is 11.6 Å². The van der Waals surface area contributed by atoms with Crippen LogP contribution < -0.4 is 14.2 Å². The Kier molecular flexibility index (Phi) is 5.76. The largest absolute Gasteiger partial charge is 0.497 e. The van der Waals surface area contributed by atoms with E-state index in [0.717, 1.165) is 0 Å². The van der Waals surface area contributed by atoms with Gasteiger partial charge in [-0.3, -0.25) is 0 Å². The van der Waals surface area contributed by atoms with Crippen molar-refractivity contribution >= 4 is 28.0 Å². The topological polar surface area (TPSA) is 44.8 Å². The number of rotatable bonds is 5. The van der Waals surface area contributed by atoms with Gasteiger partial charge in [-0.15, -0.1) is 0 Å². The summed E-state index contributed by atoms with van der Waals surface area (Å²) in [5.41, 5.74) is 0.689. The number of ether oxygens (including phenoxy) is 3. The zero-order chi connectivity index (χ0) is 16.8. The van der Waals surface area contributed by atoms with Crippen LogP contribution in [0.5, 0.6) is 17.2 Å². The van der Waals surface area contributed by atoms with Crippen LogP contribution in [-0.2, 0) is 4.79 Å². The van der Waals surface area contributed by atoms with Gasteiger partial charge >= 0.3 is 5.97 Å². The van der Waals surface area contributed by atoms with E-state index in [1.165, 1.54) is 38.5 Å². The van der Waals surface area contributed by atoms with Crippen molar-refractivity contribution in [2.24, 2.45) is 0 Å². The van der Waals surface area contributed by atoms with Gasteiger partial charge in [-0.2, -0.15) is 0 Å². The third kappa shape index (κ3) is 4.82. The van der Waals surface area contributed by atoms with Gasteiger partial charge in [-0.25, -0.2) is 9.18 Å². The van der Waals surface area contributed by atoms with Crippen molar-refractivity contribution < 1.29 is 23.4 Å². The molecule has 0 unspecified atom stereocenters. The Balaban J connectivity index is 2.11. The van der Waals surface area contributed by atoms with Crippen LogP contribution in [0.3, 0.4) is 0 Å². The molecule has 4 nitrogen and oxygen atoms in total. The molecular weight excluding hydrogens is 367 g/mol. The van der Waals surface area contributed by atoms with Crippen molar-refractivity contribution in [1.29, 1.82) is 0 Å². The molecule has 0 heterocycles. The molecule has 0 fully saturated rings. The Hall–Kier alpha value is -2.34. The summed E-state index contributed by atoms with van der Waals surface area (Å²) in [6.07, 6.45) is 2.74. The second-order valence-electron chi connectivity index (χ2n) is 4.48. The number of hydrogen-bond donors (Lipinski definition) is 0. The Morgan fingerprint density at radius 3 is 2.30 bits per heavy atom. The normalized spacial score (nSPS) is 10.6. The summed E-state index contributed by atoms with van der Waals surface area (Å²) >= 11 is 3.13. The maximum absolute atomic E-state index is 13.6. The van der Waals surface area contributed by atoms with Crippen molar-refractivity contribution in [1.82, 2.24) is 0 Å². The first-order chi connectivity index (χ1) is 11.0. The number of carbonyl (C=O) groups is 1. The van der Waals surface area contributed by atoms with Gasteiger partial charge in [0.25, 0.3) is 0 Å². The second kappa shape index (κ2) is 7.78. The van der Waals surface area contributed by atoms with Crippen molar-refractivity contribution in [2.45, 2.75) is 0 Å². The Morgan fingerprint density at radius 2 is 1.74 bits per heavy atom. The molecule has 0 radical (unpaired) electrons. The summed E-state index contributed by atoms with van der Waals surface area (Å²) in [5, 5.41) is 0. The monoisotopic (exact) mass is 380 g/mol. The van der Waals surface area contributed by atoms with Crippen LogP contribution in [0, 0.1) is 5.82 Å². The lowest BCUT2D eigenvalue weighted by Gasteiger charge is -2.06. The molecule has 0 spiro atoms. The molecule has 0 amide bonds. The van der Waals surface area contributed by atoms with E-state index in [9.17, 15) is 9.18 Å². The fourth-order valence-corrected chi connectivity index (χ4v) is 2.12. The van der Waals surface area contributed by atoms with Crippen molar-refractivity contribution in [3.8, 4) is 17.2 Å². The third-order valence-corrected chi connectivity index (χ3v) is 3.38. The lowest BCUT2D eigenvalue weighted by Crippen LogP contribution is -2.05. The fourth-order valence-electron chi connectivity index (χ4n) is 1.79. The molecule has 0 bridgehead atoms. The molecule has 2 rings (SSSR count). The highest BCUT2D eigenvalue weighted by Crippen LogP contribution is 2.24. The maximum atomic E-state index is 13.6. The highest BCUT2D eigenvalue weighted by Gasteiger charge is 2.07. The van der Waals surface area contributed by atoms with Gasteiger partial charge < -0.3 is 14.2 Å². The van der Waals surface area contributed by atoms with E-state index in [4.69, 9.17) is 14.2 Å². The molecule has 0 aliphatic rings. The lowest BCUT2D eigenvalue weighted by atomic mass is 10.2. The van der Waals surface area contributed by atoms with Crippen molar-refractivity contribution in [2.75, 3.05) is 14.2 Å².